The molecule has 0 aliphatic rings. The zero-order chi connectivity index (χ0) is 16.2. The average Bonchev–Trinajstić information content (AvgIpc) is 2.37. The molecule has 0 bridgehead atoms. The van der Waals surface area contributed by atoms with Gasteiger partial charge in [-0.05, 0) is 29.4 Å². The van der Waals surface area contributed by atoms with Gasteiger partial charge < -0.3 is 9.84 Å². The Balaban J connectivity index is 2.99. The second kappa shape index (κ2) is 7.08. The minimum absolute atomic E-state index is 0.0151. The van der Waals surface area contributed by atoms with Crippen LogP contribution in [0.5, 0.6) is 0 Å². The fraction of sp³-hybridized carbons (Fsp3) is 0.611. The molecule has 0 spiro atoms. The number of ether oxygens (including phenoxy) is 1. The minimum atomic E-state index is -0.835. The van der Waals surface area contributed by atoms with Gasteiger partial charge in [0.2, 0.25) is 0 Å². The first-order valence-corrected chi connectivity index (χ1v) is 7.63. The van der Waals surface area contributed by atoms with Gasteiger partial charge in [-0.1, -0.05) is 58.9 Å². The number of esters is 1. The van der Waals surface area contributed by atoms with Crippen LogP contribution >= 0.6 is 0 Å². The van der Waals surface area contributed by atoms with E-state index in [9.17, 15) is 9.90 Å². The van der Waals surface area contributed by atoms with Gasteiger partial charge in [0.15, 0.2) is 0 Å². The van der Waals surface area contributed by atoms with Crippen LogP contribution in [0.25, 0.3) is 0 Å². The number of benzene rings is 1. The van der Waals surface area contributed by atoms with Crippen molar-refractivity contribution in [1.82, 2.24) is 0 Å². The van der Waals surface area contributed by atoms with Gasteiger partial charge in [0, 0.05) is 0 Å². The minimum Gasteiger partial charge on any atom is -0.466 e. The fourth-order valence-electron chi connectivity index (χ4n) is 2.39. The lowest BCUT2D eigenvalue weighted by Gasteiger charge is -2.26. The van der Waals surface area contributed by atoms with Crippen molar-refractivity contribution in [1.29, 1.82) is 0 Å². The van der Waals surface area contributed by atoms with Crippen LogP contribution in [-0.2, 0) is 14.9 Å². The van der Waals surface area contributed by atoms with Crippen LogP contribution in [-0.4, -0.2) is 17.7 Å². The predicted molar refractivity (Wildman–Crippen MR) is 85.1 cm³/mol. The first-order valence-electron chi connectivity index (χ1n) is 7.63. The zero-order valence-electron chi connectivity index (χ0n) is 14.0. The largest absolute Gasteiger partial charge is 0.466 e. The Hall–Kier alpha value is -1.35. The lowest BCUT2D eigenvalue weighted by molar-refractivity contribution is -0.154. The number of hydrogen-bond donors (Lipinski definition) is 1. The van der Waals surface area contributed by atoms with Gasteiger partial charge in [0.05, 0.1) is 18.6 Å². The first kappa shape index (κ1) is 17.7. The van der Waals surface area contributed by atoms with Gasteiger partial charge in [0.25, 0.3) is 0 Å². The number of rotatable bonds is 5. The van der Waals surface area contributed by atoms with E-state index in [0.717, 1.165) is 5.56 Å². The maximum atomic E-state index is 12.0. The summed E-state index contributed by atoms with van der Waals surface area (Å²) in [6, 6.07) is 7.84. The summed E-state index contributed by atoms with van der Waals surface area (Å²) in [7, 11) is 0. The molecule has 0 fully saturated rings. The summed E-state index contributed by atoms with van der Waals surface area (Å²) < 4.78 is 5.09. The molecule has 0 aliphatic carbocycles. The molecule has 118 valence electrons. The van der Waals surface area contributed by atoms with Gasteiger partial charge in [-0.15, -0.1) is 0 Å². The summed E-state index contributed by atoms with van der Waals surface area (Å²) in [5, 5.41) is 10.5. The Morgan fingerprint density at radius 1 is 1.19 bits per heavy atom. The van der Waals surface area contributed by atoms with Crippen molar-refractivity contribution < 1.29 is 14.6 Å². The molecular formula is C18H28O3. The summed E-state index contributed by atoms with van der Waals surface area (Å²) in [6.45, 7) is 12.4. The molecule has 1 aromatic carbocycles. The topological polar surface area (TPSA) is 46.5 Å². The van der Waals surface area contributed by atoms with E-state index in [-0.39, 0.29) is 17.3 Å². The van der Waals surface area contributed by atoms with Gasteiger partial charge in [0.1, 0.15) is 0 Å². The zero-order valence-corrected chi connectivity index (χ0v) is 14.0. The molecule has 0 aromatic heterocycles. The molecular weight excluding hydrogens is 264 g/mol. The summed E-state index contributed by atoms with van der Waals surface area (Å²) in [5.74, 6) is -0.855. The van der Waals surface area contributed by atoms with Crippen LogP contribution in [0.1, 0.15) is 58.8 Å². The van der Waals surface area contributed by atoms with Crippen LogP contribution in [0.15, 0.2) is 24.3 Å². The molecule has 0 heterocycles. The Labute approximate surface area is 128 Å². The highest BCUT2D eigenvalue weighted by Gasteiger charge is 2.32. The first-order chi connectivity index (χ1) is 9.68. The number of hydrogen-bond acceptors (Lipinski definition) is 3. The molecule has 0 saturated carbocycles. The van der Waals surface area contributed by atoms with Crippen molar-refractivity contribution in [2.75, 3.05) is 6.61 Å². The fourth-order valence-corrected chi connectivity index (χ4v) is 2.39. The van der Waals surface area contributed by atoms with Crippen LogP contribution < -0.4 is 0 Å². The Morgan fingerprint density at radius 2 is 1.71 bits per heavy atom. The molecule has 1 aromatic rings. The van der Waals surface area contributed by atoms with Gasteiger partial charge in [-0.2, -0.15) is 0 Å². The maximum absolute atomic E-state index is 12.0. The molecule has 3 heteroatoms. The maximum Gasteiger partial charge on any atom is 0.312 e. The van der Waals surface area contributed by atoms with E-state index < -0.39 is 12.0 Å². The highest BCUT2D eigenvalue weighted by molar-refractivity contribution is 5.73. The summed E-state index contributed by atoms with van der Waals surface area (Å²) >= 11 is 0. The van der Waals surface area contributed by atoms with Crippen molar-refractivity contribution in [3.05, 3.63) is 35.4 Å². The smallest absolute Gasteiger partial charge is 0.312 e. The van der Waals surface area contributed by atoms with Crippen LogP contribution in [0, 0.1) is 11.8 Å². The van der Waals surface area contributed by atoms with E-state index >= 15 is 0 Å². The molecule has 0 aliphatic heterocycles. The normalized spacial score (nSPS) is 14.9. The molecule has 2 atom stereocenters. The Bertz CT molecular complexity index is 454. The van der Waals surface area contributed by atoms with E-state index in [1.165, 1.54) is 5.56 Å². The van der Waals surface area contributed by atoms with Crippen molar-refractivity contribution in [3.8, 4) is 0 Å². The third kappa shape index (κ3) is 4.57. The summed E-state index contributed by atoms with van der Waals surface area (Å²) in [4.78, 5) is 12.0. The lowest BCUT2D eigenvalue weighted by Crippen LogP contribution is -2.29. The van der Waals surface area contributed by atoms with E-state index in [2.05, 4.69) is 20.8 Å². The van der Waals surface area contributed by atoms with Gasteiger partial charge in [-0.3, -0.25) is 4.79 Å². The molecule has 3 nitrogen and oxygen atoms in total. The Morgan fingerprint density at radius 3 is 2.10 bits per heavy atom. The quantitative estimate of drug-likeness (QED) is 0.838. The molecule has 1 N–H and O–H groups in total. The highest BCUT2D eigenvalue weighted by Crippen LogP contribution is 2.31. The third-order valence-corrected chi connectivity index (χ3v) is 3.74. The lowest BCUT2D eigenvalue weighted by atomic mass is 9.83. The molecule has 0 saturated heterocycles. The van der Waals surface area contributed by atoms with Crippen molar-refractivity contribution in [2.45, 2.75) is 53.1 Å². The third-order valence-electron chi connectivity index (χ3n) is 3.74. The molecule has 0 amide bonds. The summed E-state index contributed by atoms with van der Waals surface area (Å²) in [6.07, 6.45) is -0.835. The number of carbonyl (C=O) groups is 1. The summed E-state index contributed by atoms with van der Waals surface area (Å²) in [5.41, 5.74) is 2.03. The number of carbonyl (C=O) groups excluding carboxylic acids is 1. The van der Waals surface area contributed by atoms with E-state index in [4.69, 9.17) is 4.74 Å². The molecule has 21 heavy (non-hydrogen) atoms. The van der Waals surface area contributed by atoms with E-state index in [1.807, 2.05) is 38.1 Å². The standard InChI is InChI=1S/C18H28O3/c1-7-21-17(20)15(12(2)3)16(19)13-8-10-14(11-9-13)18(4,5)6/h8-12,15-16,19H,7H2,1-6H3. The van der Waals surface area contributed by atoms with Crippen LogP contribution in [0.3, 0.4) is 0 Å². The van der Waals surface area contributed by atoms with Crippen molar-refractivity contribution in [2.24, 2.45) is 11.8 Å². The number of aliphatic hydroxyl groups is 1. The predicted octanol–water partition coefficient (Wildman–Crippen LogP) is 3.85. The molecule has 0 radical (unpaired) electrons. The van der Waals surface area contributed by atoms with Crippen LogP contribution in [0.2, 0.25) is 0 Å². The second-order valence-electron chi connectivity index (χ2n) is 6.84. The van der Waals surface area contributed by atoms with Gasteiger partial charge in [-0.25, -0.2) is 0 Å². The van der Waals surface area contributed by atoms with Crippen molar-refractivity contribution >= 4 is 5.97 Å². The monoisotopic (exact) mass is 292 g/mol. The van der Waals surface area contributed by atoms with Gasteiger partial charge >= 0.3 is 5.97 Å². The average molecular weight is 292 g/mol. The molecule has 2 unspecified atom stereocenters. The Kier molecular flexibility index (Phi) is 5.97. The van der Waals surface area contributed by atoms with E-state index in [1.54, 1.807) is 6.92 Å². The SMILES string of the molecule is CCOC(=O)C(C(C)C)C(O)c1ccc(C(C)(C)C)cc1. The highest BCUT2D eigenvalue weighted by atomic mass is 16.5. The second-order valence-corrected chi connectivity index (χ2v) is 6.84. The number of aliphatic hydroxyl groups excluding tert-OH is 1. The molecule has 1 rings (SSSR count). The van der Waals surface area contributed by atoms with E-state index in [0.29, 0.717) is 6.61 Å². The van der Waals surface area contributed by atoms with Crippen molar-refractivity contribution in [3.63, 3.8) is 0 Å². The van der Waals surface area contributed by atoms with Crippen LogP contribution in [0.4, 0.5) is 0 Å².